The van der Waals surface area contributed by atoms with Crippen molar-refractivity contribution < 1.29 is 4.74 Å². The average molecular weight is 442 g/mol. The highest BCUT2D eigenvalue weighted by molar-refractivity contribution is 5.95. The van der Waals surface area contributed by atoms with Gasteiger partial charge < -0.3 is 26.4 Å². The van der Waals surface area contributed by atoms with Crippen molar-refractivity contribution in [1.82, 2.24) is 20.3 Å². The fourth-order valence-electron chi connectivity index (χ4n) is 4.09. The second kappa shape index (κ2) is 8.91. The van der Waals surface area contributed by atoms with E-state index >= 15 is 0 Å². The van der Waals surface area contributed by atoms with Crippen LogP contribution < -0.4 is 26.4 Å². The number of benzene rings is 2. The second-order valence-electron chi connectivity index (χ2n) is 8.12. The number of anilines is 4. The van der Waals surface area contributed by atoms with Gasteiger partial charge in [-0.25, -0.2) is 15.0 Å². The molecule has 0 radical (unpaired) electrons. The first-order valence-electron chi connectivity index (χ1n) is 11.1. The van der Waals surface area contributed by atoms with Crippen LogP contribution in [0.25, 0.3) is 22.0 Å². The van der Waals surface area contributed by atoms with Crippen LogP contribution >= 0.6 is 0 Å². The molecule has 0 spiro atoms. The summed E-state index contributed by atoms with van der Waals surface area (Å²) in [6.07, 6.45) is 4.55. The predicted octanol–water partition coefficient (Wildman–Crippen LogP) is 3.89. The van der Waals surface area contributed by atoms with E-state index < -0.39 is 0 Å². The Morgan fingerprint density at radius 1 is 1.15 bits per heavy atom. The molecule has 1 aliphatic rings. The Labute approximate surface area is 192 Å². The van der Waals surface area contributed by atoms with Gasteiger partial charge in [-0.05, 0) is 67.9 Å². The van der Waals surface area contributed by atoms with Crippen LogP contribution in [0.5, 0.6) is 5.88 Å². The zero-order chi connectivity index (χ0) is 22.8. The standard InChI is InChI=1S/C25H27N7O/c1-15-19(13-29-24-23(15)28-8-9-33-24)17-11-21(26)20-14-30-25(32-22(20)12-17)31-18-5-3-4-16(10-18)6-7-27-2/h3-5,10-14,27-28H,6-9,26H2,1-2H3,(H,30,31,32). The van der Waals surface area contributed by atoms with Gasteiger partial charge in [0.15, 0.2) is 0 Å². The van der Waals surface area contributed by atoms with Crippen molar-refractivity contribution in [3.63, 3.8) is 0 Å². The van der Waals surface area contributed by atoms with Gasteiger partial charge in [0.1, 0.15) is 12.3 Å². The van der Waals surface area contributed by atoms with E-state index in [9.17, 15) is 0 Å². The fraction of sp³-hybridized carbons (Fsp3) is 0.240. The molecule has 0 amide bonds. The Hall–Kier alpha value is -3.91. The second-order valence-corrected chi connectivity index (χ2v) is 8.12. The summed E-state index contributed by atoms with van der Waals surface area (Å²) in [6.45, 7) is 4.37. The summed E-state index contributed by atoms with van der Waals surface area (Å²) in [5.41, 5.74) is 13.9. The van der Waals surface area contributed by atoms with Crippen LogP contribution in [0.1, 0.15) is 11.1 Å². The first-order chi connectivity index (χ1) is 16.1. The number of ether oxygens (including phenoxy) is 1. The lowest BCUT2D eigenvalue weighted by Crippen LogP contribution is -2.20. The van der Waals surface area contributed by atoms with Gasteiger partial charge in [-0.3, -0.25) is 0 Å². The van der Waals surface area contributed by atoms with Gasteiger partial charge in [0.05, 0.1) is 5.52 Å². The van der Waals surface area contributed by atoms with Crippen molar-refractivity contribution in [3.8, 4) is 17.0 Å². The van der Waals surface area contributed by atoms with Gasteiger partial charge in [0.25, 0.3) is 0 Å². The van der Waals surface area contributed by atoms with Crippen LogP contribution in [-0.4, -0.2) is 41.7 Å². The molecule has 2 aromatic heterocycles. The van der Waals surface area contributed by atoms with Gasteiger partial charge in [-0.1, -0.05) is 12.1 Å². The summed E-state index contributed by atoms with van der Waals surface area (Å²) in [7, 11) is 1.96. The minimum Gasteiger partial charge on any atom is -0.474 e. The molecule has 8 heteroatoms. The predicted molar refractivity (Wildman–Crippen MR) is 133 cm³/mol. The Morgan fingerprint density at radius 3 is 2.94 bits per heavy atom. The Balaban J connectivity index is 1.49. The van der Waals surface area contributed by atoms with Crippen LogP contribution in [0.15, 0.2) is 48.8 Å². The van der Waals surface area contributed by atoms with E-state index in [0.29, 0.717) is 24.1 Å². The maximum atomic E-state index is 6.38. The fourth-order valence-corrected chi connectivity index (χ4v) is 4.09. The lowest BCUT2D eigenvalue weighted by Gasteiger charge is -2.21. The van der Waals surface area contributed by atoms with Crippen molar-refractivity contribution >= 4 is 33.9 Å². The van der Waals surface area contributed by atoms with Crippen LogP contribution in [0.2, 0.25) is 0 Å². The van der Waals surface area contributed by atoms with Crippen LogP contribution in [-0.2, 0) is 6.42 Å². The van der Waals surface area contributed by atoms with Crippen molar-refractivity contribution in [1.29, 1.82) is 0 Å². The van der Waals surface area contributed by atoms with E-state index in [2.05, 4.69) is 45.0 Å². The molecule has 8 nitrogen and oxygen atoms in total. The molecular weight excluding hydrogens is 414 g/mol. The van der Waals surface area contributed by atoms with Gasteiger partial charge in [0, 0.05) is 41.3 Å². The summed E-state index contributed by atoms with van der Waals surface area (Å²) in [4.78, 5) is 13.7. The molecule has 5 rings (SSSR count). The summed E-state index contributed by atoms with van der Waals surface area (Å²) in [5, 5.41) is 10.7. The highest BCUT2D eigenvalue weighted by atomic mass is 16.5. The van der Waals surface area contributed by atoms with Crippen molar-refractivity contribution in [2.45, 2.75) is 13.3 Å². The first kappa shape index (κ1) is 21.0. The molecule has 0 saturated heterocycles. The number of nitrogens with zero attached hydrogens (tertiary/aromatic N) is 3. The van der Waals surface area contributed by atoms with Crippen molar-refractivity contribution in [2.24, 2.45) is 0 Å². The molecule has 0 aliphatic carbocycles. The molecule has 2 aromatic carbocycles. The number of rotatable bonds is 6. The van der Waals surface area contributed by atoms with Crippen LogP contribution in [0, 0.1) is 6.92 Å². The van der Waals surface area contributed by atoms with Gasteiger partial charge in [0.2, 0.25) is 11.8 Å². The smallest absolute Gasteiger partial charge is 0.237 e. The highest BCUT2D eigenvalue weighted by Gasteiger charge is 2.18. The lowest BCUT2D eigenvalue weighted by atomic mass is 9.99. The van der Waals surface area contributed by atoms with Crippen molar-refractivity contribution in [2.75, 3.05) is 43.1 Å². The largest absolute Gasteiger partial charge is 0.474 e. The minimum atomic E-state index is 0.528. The summed E-state index contributed by atoms with van der Waals surface area (Å²) < 4.78 is 5.66. The van der Waals surface area contributed by atoms with E-state index in [1.54, 1.807) is 6.20 Å². The SMILES string of the molecule is CNCCc1cccc(Nc2ncc3c(N)cc(-c4cnc5c(c4C)NCCO5)cc3n2)c1. The molecule has 5 N–H and O–H groups in total. The number of hydrogen-bond donors (Lipinski definition) is 4. The van der Waals surface area contributed by atoms with Gasteiger partial charge in [-0.2, -0.15) is 0 Å². The number of hydrogen-bond acceptors (Lipinski definition) is 8. The molecule has 0 saturated carbocycles. The summed E-state index contributed by atoms with van der Waals surface area (Å²) >= 11 is 0. The lowest BCUT2D eigenvalue weighted by molar-refractivity contribution is 0.310. The van der Waals surface area contributed by atoms with E-state index in [1.165, 1.54) is 5.56 Å². The van der Waals surface area contributed by atoms with Crippen LogP contribution in [0.3, 0.4) is 0 Å². The number of fused-ring (bicyclic) bond motifs is 2. The molecule has 33 heavy (non-hydrogen) atoms. The molecule has 0 bridgehead atoms. The third kappa shape index (κ3) is 4.25. The van der Waals surface area contributed by atoms with Gasteiger partial charge >= 0.3 is 0 Å². The molecular formula is C25H27N7O. The van der Waals surface area contributed by atoms with Gasteiger partial charge in [-0.15, -0.1) is 0 Å². The number of pyridine rings is 1. The quantitative estimate of drug-likeness (QED) is 0.334. The molecule has 0 fully saturated rings. The number of likely N-dealkylation sites (N-methyl/N-ethyl adjacent to an activating group) is 1. The molecule has 0 unspecified atom stereocenters. The monoisotopic (exact) mass is 441 g/mol. The van der Waals surface area contributed by atoms with E-state index in [-0.39, 0.29) is 0 Å². The number of nitrogens with one attached hydrogen (secondary N) is 3. The topological polar surface area (TPSA) is 110 Å². The summed E-state index contributed by atoms with van der Waals surface area (Å²) in [6, 6.07) is 12.3. The number of nitrogens with two attached hydrogens (primary N) is 1. The number of aromatic nitrogens is 3. The highest BCUT2D eigenvalue weighted by Crippen LogP contribution is 2.37. The minimum absolute atomic E-state index is 0.528. The molecule has 1 aliphatic heterocycles. The Kier molecular flexibility index (Phi) is 5.66. The number of nitrogen functional groups attached to an aromatic ring is 1. The Bertz CT molecular complexity index is 1320. The summed E-state index contributed by atoms with van der Waals surface area (Å²) in [5.74, 6) is 1.17. The normalized spacial score (nSPS) is 12.7. The molecule has 4 aromatic rings. The molecule has 0 atom stereocenters. The van der Waals surface area contributed by atoms with Crippen LogP contribution in [0.4, 0.5) is 23.0 Å². The third-order valence-corrected chi connectivity index (χ3v) is 5.84. The maximum absolute atomic E-state index is 6.38. The van der Waals surface area contributed by atoms with E-state index in [0.717, 1.165) is 58.5 Å². The van der Waals surface area contributed by atoms with Crippen molar-refractivity contribution in [3.05, 3.63) is 59.9 Å². The average Bonchev–Trinajstić information content (AvgIpc) is 2.83. The zero-order valence-corrected chi connectivity index (χ0v) is 18.8. The molecule has 168 valence electrons. The zero-order valence-electron chi connectivity index (χ0n) is 18.8. The molecule has 3 heterocycles. The van der Waals surface area contributed by atoms with E-state index in [4.69, 9.17) is 15.5 Å². The Morgan fingerprint density at radius 2 is 2.06 bits per heavy atom. The maximum Gasteiger partial charge on any atom is 0.237 e. The third-order valence-electron chi connectivity index (χ3n) is 5.84. The van der Waals surface area contributed by atoms with E-state index in [1.807, 2.05) is 37.5 Å². The first-order valence-corrected chi connectivity index (χ1v) is 11.1.